The smallest absolute Gasteiger partial charge is 0.239 e. The Morgan fingerprint density at radius 2 is 2.00 bits per heavy atom. The fourth-order valence-corrected chi connectivity index (χ4v) is 2.69. The molecule has 5 nitrogen and oxygen atoms in total. The number of nitrogens with zero attached hydrogens (tertiary/aromatic N) is 1. The van der Waals surface area contributed by atoms with Crippen LogP contribution in [0.1, 0.15) is 24.0 Å². The highest BCUT2D eigenvalue weighted by molar-refractivity contribution is 5.82. The molecule has 5 heteroatoms. The number of amides is 1. The lowest BCUT2D eigenvalue weighted by Gasteiger charge is -2.23. The summed E-state index contributed by atoms with van der Waals surface area (Å²) in [6, 6.07) is 3.86. The van der Waals surface area contributed by atoms with Crippen molar-refractivity contribution >= 4 is 5.91 Å². The Hall–Kier alpha value is -1.75. The highest BCUT2D eigenvalue weighted by Gasteiger charge is 2.25. The number of methoxy groups -OCH3 is 2. The van der Waals surface area contributed by atoms with Crippen molar-refractivity contribution in [2.75, 3.05) is 27.8 Å². The van der Waals surface area contributed by atoms with Gasteiger partial charge in [-0.3, -0.25) is 4.79 Å². The van der Waals surface area contributed by atoms with Crippen molar-refractivity contribution in [2.24, 2.45) is 0 Å². The van der Waals surface area contributed by atoms with Gasteiger partial charge < -0.3 is 19.7 Å². The van der Waals surface area contributed by atoms with E-state index in [0.29, 0.717) is 18.0 Å². The van der Waals surface area contributed by atoms with Crippen molar-refractivity contribution < 1.29 is 14.3 Å². The van der Waals surface area contributed by atoms with Crippen molar-refractivity contribution in [2.45, 2.75) is 32.4 Å². The van der Waals surface area contributed by atoms with E-state index in [0.717, 1.165) is 30.5 Å². The highest BCUT2D eigenvalue weighted by Crippen LogP contribution is 2.30. The van der Waals surface area contributed by atoms with Gasteiger partial charge in [-0.05, 0) is 49.6 Å². The number of aryl methyl sites for hydroxylation is 1. The second-order valence-corrected chi connectivity index (χ2v) is 5.48. The molecule has 0 saturated carbocycles. The molecular weight excluding hydrogens is 268 g/mol. The minimum absolute atomic E-state index is 0.0320. The van der Waals surface area contributed by atoms with Crippen molar-refractivity contribution in [3.63, 3.8) is 0 Å². The Morgan fingerprint density at radius 1 is 1.33 bits per heavy atom. The van der Waals surface area contributed by atoms with Crippen LogP contribution in [-0.4, -0.2) is 44.7 Å². The molecule has 1 fully saturated rings. The van der Waals surface area contributed by atoms with E-state index in [1.807, 2.05) is 26.1 Å². The van der Waals surface area contributed by atoms with Gasteiger partial charge in [0.25, 0.3) is 0 Å². The fourth-order valence-electron chi connectivity index (χ4n) is 2.69. The number of carbonyl (C=O) groups excluding carboxylic acids is 1. The van der Waals surface area contributed by atoms with Crippen LogP contribution in [0.4, 0.5) is 0 Å². The van der Waals surface area contributed by atoms with E-state index in [1.165, 1.54) is 0 Å². The number of rotatable bonds is 5. The molecule has 1 heterocycles. The average molecular weight is 292 g/mol. The van der Waals surface area contributed by atoms with Gasteiger partial charge in [-0.15, -0.1) is 0 Å². The van der Waals surface area contributed by atoms with Crippen LogP contribution in [-0.2, 0) is 11.3 Å². The largest absolute Gasteiger partial charge is 0.493 e. The number of likely N-dealkylation sites (N-methyl/N-ethyl adjacent to an activating group) is 1. The predicted octanol–water partition coefficient (Wildman–Crippen LogP) is 1.72. The van der Waals surface area contributed by atoms with Gasteiger partial charge in [-0.25, -0.2) is 0 Å². The lowest BCUT2D eigenvalue weighted by atomic mass is 10.1. The van der Waals surface area contributed by atoms with E-state index in [1.54, 1.807) is 19.1 Å². The molecule has 1 unspecified atom stereocenters. The summed E-state index contributed by atoms with van der Waals surface area (Å²) in [5.41, 5.74) is 2.16. The van der Waals surface area contributed by atoms with Gasteiger partial charge in [-0.2, -0.15) is 0 Å². The third kappa shape index (κ3) is 3.47. The average Bonchev–Trinajstić information content (AvgIpc) is 3.02. The molecule has 1 saturated heterocycles. The number of carbonyl (C=O) groups is 1. The first-order chi connectivity index (χ1) is 10.1. The van der Waals surface area contributed by atoms with Crippen LogP contribution < -0.4 is 14.8 Å². The van der Waals surface area contributed by atoms with Gasteiger partial charge in [0.1, 0.15) is 0 Å². The van der Waals surface area contributed by atoms with Crippen LogP contribution in [0.3, 0.4) is 0 Å². The quantitative estimate of drug-likeness (QED) is 0.898. The lowest BCUT2D eigenvalue weighted by molar-refractivity contribution is -0.132. The van der Waals surface area contributed by atoms with E-state index in [4.69, 9.17) is 9.47 Å². The van der Waals surface area contributed by atoms with Gasteiger partial charge in [0.2, 0.25) is 5.91 Å². The molecule has 0 aromatic heterocycles. The zero-order valence-corrected chi connectivity index (χ0v) is 13.2. The zero-order valence-electron chi connectivity index (χ0n) is 13.2. The molecule has 1 aromatic rings. The van der Waals surface area contributed by atoms with Gasteiger partial charge in [0, 0.05) is 13.6 Å². The zero-order chi connectivity index (χ0) is 15.4. The van der Waals surface area contributed by atoms with Gasteiger partial charge >= 0.3 is 0 Å². The first-order valence-electron chi connectivity index (χ1n) is 7.26. The first kappa shape index (κ1) is 15.6. The number of ether oxygens (including phenoxy) is 2. The normalized spacial score (nSPS) is 17.6. The highest BCUT2D eigenvalue weighted by atomic mass is 16.5. The summed E-state index contributed by atoms with van der Waals surface area (Å²) in [5, 5.41) is 3.24. The second-order valence-electron chi connectivity index (χ2n) is 5.48. The minimum atomic E-state index is -0.0320. The molecule has 0 aliphatic carbocycles. The number of hydrogen-bond acceptors (Lipinski definition) is 4. The molecule has 1 N–H and O–H groups in total. The molecule has 2 rings (SSSR count). The molecule has 1 aliphatic rings. The molecule has 0 radical (unpaired) electrons. The molecule has 0 spiro atoms. The maximum atomic E-state index is 12.3. The SMILES string of the molecule is COc1cc(C)c(CN(C)C(=O)C2CCCN2)cc1OC. The van der Waals surface area contributed by atoms with E-state index in [9.17, 15) is 4.79 Å². The lowest BCUT2D eigenvalue weighted by Crippen LogP contribution is -2.41. The van der Waals surface area contributed by atoms with Crippen molar-refractivity contribution in [3.8, 4) is 11.5 Å². The van der Waals surface area contributed by atoms with Crippen LogP contribution in [0, 0.1) is 6.92 Å². The molecular formula is C16H24N2O3. The topological polar surface area (TPSA) is 50.8 Å². The minimum Gasteiger partial charge on any atom is -0.493 e. The monoisotopic (exact) mass is 292 g/mol. The molecule has 21 heavy (non-hydrogen) atoms. The summed E-state index contributed by atoms with van der Waals surface area (Å²) in [6.45, 7) is 3.52. The number of nitrogens with one attached hydrogen (secondary N) is 1. The molecule has 1 aromatic carbocycles. The maximum absolute atomic E-state index is 12.3. The standard InChI is InChI=1S/C16H24N2O3/c1-11-8-14(20-3)15(21-4)9-12(11)10-18(2)16(19)13-6-5-7-17-13/h8-9,13,17H,5-7,10H2,1-4H3. The maximum Gasteiger partial charge on any atom is 0.239 e. The summed E-state index contributed by atoms with van der Waals surface area (Å²) in [5.74, 6) is 1.56. The molecule has 1 aliphatic heterocycles. The van der Waals surface area contributed by atoms with Gasteiger partial charge in [0.05, 0.1) is 20.3 Å². The summed E-state index contributed by atoms with van der Waals surface area (Å²) in [7, 11) is 5.09. The van der Waals surface area contributed by atoms with Crippen LogP contribution in [0.15, 0.2) is 12.1 Å². The number of hydrogen-bond donors (Lipinski definition) is 1. The van der Waals surface area contributed by atoms with Gasteiger partial charge in [-0.1, -0.05) is 0 Å². The molecule has 116 valence electrons. The van der Waals surface area contributed by atoms with Gasteiger partial charge in [0.15, 0.2) is 11.5 Å². The van der Waals surface area contributed by atoms with Crippen LogP contribution in [0.5, 0.6) is 11.5 Å². The van der Waals surface area contributed by atoms with E-state index < -0.39 is 0 Å². The fraction of sp³-hybridized carbons (Fsp3) is 0.562. The van der Waals surface area contributed by atoms with Crippen molar-refractivity contribution in [3.05, 3.63) is 23.3 Å². The summed E-state index contributed by atoms with van der Waals surface area (Å²) < 4.78 is 10.6. The Balaban J connectivity index is 2.12. The molecule has 1 amide bonds. The van der Waals surface area contributed by atoms with E-state index in [-0.39, 0.29) is 11.9 Å². The van der Waals surface area contributed by atoms with Crippen LogP contribution in [0.2, 0.25) is 0 Å². The summed E-state index contributed by atoms with van der Waals surface area (Å²) in [4.78, 5) is 14.1. The molecule has 1 atom stereocenters. The van der Waals surface area contributed by atoms with Crippen LogP contribution in [0.25, 0.3) is 0 Å². The van der Waals surface area contributed by atoms with Crippen LogP contribution >= 0.6 is 0 Å². The Bertz CT molecular complexity index is 510. The first-order valence-corrected chi connectivity index (χ1v) is 7.26. The van der Waals surface area contributed by atoms with E-state index >= 15 is 0 Å². The van der Waals surface area contributed by atoms with Crippen molar-refractivity contribution in [1.82, 2.24) is 10.2 Å². The third-order valence-electron chi connectivity index (χ3n) is 3.98. The molecule has 0 bridgehead atoms. The predicted molar refractivity (Wildman–Crippen MR) is 81.8 cm³/mol. The summed E-state index contributed by atoms with van der Waals surface area (Å²) in [6.07, 6.45) is 1.99. The second kappa shape index (κ2) is 6.80. The third-order valence-corrected chi connectivity index (χ3v) is 3.98. The summed E-state index contributed by atoms with van der Waals surface area (Å²) >= 11 is 0. The number of benzene rings is 1. The van der Waals surface area contributed by atoms with Crippen molar-refractivity contribution in [1.29, 1.82) is 0 Å². The Labute approximate surface area is 126 Å². The van der Waals surface area contributed by atoms with E-state index in [2.05, 4.69) is 5.32 Å². The Kier molecular flexibility index (Phi) is 5.07. The Morgan fingerprint density at radius 3 is 2.57 bits per heavy atom.